The van der Waals surface area contributed by atoms with Gasteiger partial charge >= 0.3 is 0 Å². The molecule has 5 heteroatoms. The summed E-state index contributed by atoms with van der Waals surface area (Å²) in [6, 6.07) is 10.8. The molecule has 0 spiro atoms. The number of anilines is 1. The molecule has 5 nitrogen and oxygen atoms in total. The zero-order chi connectivity index (χ0) is 14.5. The minimum absolute atomic E-state index is 0.107. The van der Waals surface area contributed by atoms with Gasteiger partial charge in [0.05, 0.1) is 6.54 Å². The predicted molar refractivity (Wildman–Crippen MR) is 75.3 cm³/mol. The molecule has 1 amide bonds. The van der Waals surface area contributed by atoms with Crippen molar-refractivity contribution in [3.05, 3.63) is 53.0 Å². The molecule has 0 unspecified atom stereocenters. The molecule has 0 radical (unpaired) electrons. The Kier molecular flexibility index (Phi) is 4.06. The fourth-order valence-corrected chi connectivity index (χ4v) is 1.86. The van der Waals surface area contributed by atoms with E-state index in [0.717, 1.165) is 11.3 Å². The van der Waals surface area contributed by atoms with Gasteiger partial charge in [0.25, 0.3) is 5.91 Å². The van der Waals surface area contributed by atoms with Crippen LogP contribution in [-0.4, -0.2) is 13.0 Å². The van der Waals surface area contributed by atoms with Crippen LogP contribution in [0.5, 0.6) is 0 Å². The Morgan fingerprint density at radius 2 is 2.15 bits per heavy atom. The van der Waals surface area contributed by atoms with Gasteiger partial charge in [0.15, 0.2) is 0 Å². The predicted octanol–water partition coefficient (Wildman–Crippen LogP) is 2.43. The summed E-state index contributed by atoms with van der Waals surface area (Å²) in [5, 5.41) is 14.5. The van der Waals surface area contributed by atoms with Crippen LogP contribution in [0, 0.1) is 18.3 Å². The van der Waals surface area contributed by atoms with Gasteiger partial charge in [-0.05, 0) is 42.8 Å². The zero-order valence-corrected chi connectivity index (χ0v) is 11.4. The van der Waals surface area contributed by atoms with E-state index in [1.807, 2.05) is 25.1 Å². The number of carbonyl (C=O) groups is 1. The summed E-state index contributed by atoms with van der Waals surface area (Å²) in [5.41, 5.74) is 2.52. The number of rotatable bonds is 4. The zero-order valence-electron chi connectivity index (χ0n) is 11.4. The number of furan rings is 1. The second-order valence-electron chi connectivity index (χ2n) is 4.34. The molecule has 2 N–H and O–H groups in total. The Balaban J connectivity index is 2.06. The minimum Gasteiger partial charge on any atom is -0.449 e. The Labute approximate surface area is 117 Å². The molecule has 0 atom stereocenters. The van der Waals surface area contributed by atoms with Gasteiger partial charge in [0, 0.05) is 18.3 Å². The van der Waals surface area contributed by atoms with Gasteiger partial charge in [-0.15, -0.1) is 0 Å². The molecule has 1 aromatic heterocycles. The third kappa shape index (κ3) is 2.98. The maximum Gasteiger partial charge on any atom is 0.251 e. The number of hydrogen-bond donors (Lipinski definition) is 2. The summed E-state index contributed by atoms with van der Waals surface area (Å²) >= 11 is 0. The van der Waals surface area contributed by atoms with Gasteiger partial charge in [-0.3, -0.25) is 4.79 Å². The van der Waals surface area contributed by atoms with Crippen LogP contribution in [0.3, 0.4) is 0 Å². The normalized spacial score (nSPS) is 9.85. The van der Waals surface area contributed by atoms with Crippen LogP contribution < -0.4 is 10.6 Å². The number of nitriles is 1. The molecule has 20 heavy (non-hydrogen) atoms. The average molecular weight is 269 g/mol. The van der Waals surface area contributed by atoms with Crippen molar-refractivity contribution < 1.29 is 9.21 Å². The summed E-state index contributed by atoms with van der Waals surface area (Å²) < 4.78 is 5.29. The van der Waals surface area contributed by atoms with E-state index < -0.39 is 0 Å². The van der Waals surface area contributed by atoms with Crippen molar-refractivity contribution in [2.45, 2.75) is 13.5 Å². The van der Waals surface area contributed by atoms with E-state index in [1.54, 1.807) is 25.2 Å². The quantitative estimate of drug-likeness (QED) is 0.893. The molecule has 1 aromatic carbocycles. The van der Waals surface area contributed by atoms with E-state index in [2.05, 4.69) is 10.6 Å². The third-order valence-electron chi connectivity index (χ3n) is 2.94. The number of benzene rings is 1. The van der Waals surface area contributed by atoms with Crippen molar-refractivity contribution in [1.29, 1.82) is 5.26 Å². The second kappa shape index (κ2) is 5.93. The molecule has 0 saturated heterocycles. The van der Waals surface area contributed by atoms with E-state index in [4.69, 9.17) is 9.68 Å². The Hall–Kier alpha value is -2.74. The summed E-state index contributed by atoms with van der Waals surface area (Å²) in [6.07, 6.45) is 0. The standard InChI is InChI=1S/C15H15N3O2/c1-10-7-11(15(19)17-2)3-6-14(10)18-9-13-5-4-12(8-16)20-13/h3-7,18H,9H2,1-2H3,(H,17,19). The van der Waals surface area contributed by atoms with Crippen LogP contribution in [0.4, 0.5) is 5.69 Å². The first-order valence-electron chi connectivity index (χ1n) is 6.19. The highest BCUT2D eigenvalue weighted by atomic mass is 16.3. The van der Waals surface area contributed by atoms with Crippen molar-refractivity contribution in [3.63, 3.8) is 0 Å². The molecular weight excluding hydrogens is 254 g/mol. The Morgan fingerprint density at radius 3 is 2.75 bits per heavy atom. The molecule has 0 fully saturated rings. The Bertz CT molecular complexity index is 668. The van der Waals surface area contributed by atoms with E-state index in [0.29, 0.717) is 23.6 Å². The SMILES string of the molecule is CNC(=O)c1ccc(NCc2ccc(C#N)o2)c(C)c1. The van der Waals surface area contributed by atoms with Gasteiger partial charge < -0.3 is 15.1 Å². The molecule has 0 aliphatic heterocycles. The fraction of sp³-hybridized carbons (Fsp3) is 0.200. The molecule has 0 saturated carbocycles. The van der Waals surface area contributed by atoms with Crippen molar-refractivity contribution in [3.8, 4) is 6.07 Å². The maximum absolute atomic E-state index is 11.5. The van der Waals surface area contributed by atoms with Gasteiger partial charge in [0.2, 0.25) is 5.76 Å². The van der Waals surface area contributed by atoms with Gasteiger partial charge in [-0.25, -0.2) is 0 Å². The summed E-state index contributed by atoms with van der Waals surface area (Å²) in [6.45, 7) is 2.42. The van der Waals surface area contributed by atoms with Crippen LogP contribution in [0.2, 0.25) is 0 Å². The largest absolute Gasteiger partial charge is 0.449 e. The van der Waals surface area contributed by atoms with Crippen molar-refractivity contribution >= 4 is 11.6 Å². The molecule has 0 aliphatic rings. The van der Waals surface area contributed by atoms with E-state index in [1.165, 1.54) is 0 Å². The lowest BCUT2D eigenvalue weighted by Crippen LogP contribution is -2.17. The molecule has 0 aliphatic carbocycles. The molecule has 102 valence electrons. The lowest BCUT2D eigenvalue weighted by molar-refractivity contribution is 0.0963. The van der Waals surface area contributed by atoms with E-state index in [9.17, 15) is 4.79 Å². The highest BCUT2D eigenvalue weighted by Gasteiger charge is 2.06. The highest BCUT2D eigenvalue weighted by molar-refractivity contribution is 5.94. The van der Waals surface area contributed by atoms with Crippen LogP contribution in [0.25, 0.3) is 0 Å². The van der Waals surface area contributed by atoms with Crippen molar-refractivity contribution in [2.24, 2.45) is 0 Å². The molecule has 0 bridgehead atoms. The lowest BCUT2D eigenvalue weighted by atomic mass is 10.1. The minimum atomic E-state index is -0.107. The van der Waals surface area contributed by atoms with Gasteiger partial charge in [-0.2, -0.15) is 5.26 Å². The highest BCUT2D eigenvalue weighted by Crippen LogP contribution is 2.18. The monoisotopic (exact) mass is 269 g/mol. The molecule has 2 rings (SSSR count). The van der Waals surface area contributed by atoms with Gasteiger partial charge in [0.1, 0.15) is 11.8 Å². The first kappa shape index (κ1) is 13.7. The molecule has 1 heterocycles. The first-order valence-corrected chi connectivity index (χ1v) is 6.19. The van der Waals surface area contributed by atoms with Crippen LogP contribution in [0.1, 0.15) is 27.4 Å². The second-order valence-corrected chi connectivity index (χ2v) is 4.34. The number of amides is 1. The van der Waals surface area contributed by atoms with E-state index >= 15 is 0 Å². The topological polar surface area (TPSA) is 78.1 Å². The van der Waals surface area contributed by atoms with Crippen molar-refractivity contribution in [2.75, 3.05) is 12.4 Å². The molecular formula is C15H15N3O2. The molecule has 2 aromatic rings. The van der Waals surface area contributed by atoms with Crippen molar-refractivity contribution in [1.82, 2.24) is 5.32 Å². The van der Waals surface area contributed by atoms with Gasteiger partial charge in [-0.1, -0.05) is 0 Å². The fourth-order valence-electron chi connectivity index (χ4n) is 1.86. The maximum atomic E-state index is 11.5. The average Bonchev–Trinajstić information content (AvgIpc) is 2.93. The smallest absolute Gasteiger partial charge is 0.251 e. The number of aryl methyl sites for hydroxylation is 1. The van der Waals surface area contributed by atoms with Crippen LogP contribution in [-0.2, 0) is 6.54 Å². The lowest BCUT2D eigenvalue weighted by Gasteiger charge is -2.09. The summed E-state index contributed by atoms with van der Waals surface area (Å²) in [5.74, 6) is 0.883. The number of nitrogens with one attached hydrogen (secondary N) is 2. The Morgan fingerprint density at radius 1 is 1.35 bits per heavy atom. The van der Waals surface area contributed by atoms with Crippen LogP contribution in [0.15, 0.2) is 34.7 Å². The van der Waals surface area contributed by atoms with Crippen LogP contribution >= 0.6 is 0 Å². The summed E-state index contributed by atoms with van der Waals surface area (Å²) in [4.78, 5) is 11.5. The van der Waals surface area contributed by atoms with E-state index in [-0.39, 0.29) is 5.91 Å². The first-order chi connectivity index (χ1) is 9.63. The number of carbonyl (C=O) groups excluding carboxylic acids is 1. The number of nitrogens with zero attached hydrogens (tertiary/aromatic N) is 1. The third-order valence-corrected chi connectivity index (χ3v) is 2.94. The number of hydrogen-bond acceptors (Lipinski definition) is 4. The summed E-state index contributed by atoms with van der Waals surface area (Å²) in [7, 11) is 1.60.